The van der Waals surface area contributed by atoms with Crippen molar-refractivity contribution in [1.82, 2.24) is 24.9 Å². The summed E-state index contributed by atoms with van der Waals surface area (Å²) in [5, 5.41) is 7.02. The number of hydrogen-bond acceptors (Lipinski definition) is 5. The van der Waals surface area contributed by atoms with Crippen LogP contribution in [0.25, 0.3) is 106 Å². The fourth-order valence-electron chi connectivity index (χ4n) is 8.09. The summed E-state index contributed by atoms with van der Waals surface area (Å²) in [7, 11) is 0. The van der Waals surface area contributed by atoms with Crippen LogP contribution in [0.3, 0.4) is 0 Å². The van der Waals surface area contributed by atoms with Crippen molar-refractivity contribution in [3.05, 3.63) is 219 Å². The second-order valence-corrected chi connectivity index (χ2v) is 14.8. The molecule has 0 spiro atoms. The zero-order valence-corrected chi connectivity index (χ0v) is 33.6. The first kappa shape index (κ1) is 37.1. The number of hydrogen-bond donors (Lipinski definition) is 0. The van der Waals surface area contributed by atoms with Gasteiger partial charge in [0.25, 0.3) is 0 Å². The van der Waals surface area contributed by atoms with E-state index in [1.54, 1.807) is 6.08 Å². The van der Waals surface area contributed by atoms with Crippen molar-refractivity contribution in [2.75, 3.05) is 0 Å². The molecule has 0 aliphatic carbocycles. The fourth-order valence-corrected chi connectivity index (χ4v) is 8.09. The molecular weight excluding hydrogens is 743 g/mol. The molecule has 0 saturated carbocycles. The molecule has 5 nitrogen and oxygen atoms in total. The number of allylic oxidation sites excluding steroid dienone is 5. The SMILES string of the molecule is C=C/C(=C\C=C/C)c1nc(-c2cccc(-c3cccc(-c4cc(-c5ccccc5)nc(-c5ccccc5)n4)c3)c2)nc(-c2cccc3c4ccccc4c4ccccc4c23)n1. The summed E-state index contributed by atoms with van der Waals surface area (Å²) in [6, 6.07) is 63.0. The summed E-state index contributed by atoms with van der Waals surface area (Å²) in [6.45, 7) is 6.13. The molecule has 2 heterocycles. The van der Waals surface area contributed by atoms with E-state index in [0.717, 1.165) is 72.1 Å². The van der Waals surface area contributed by atoms with Crippen LogP contribution in [0.2, 0.25) is 0 Å². The Morgan fingerprint density at radius 1 is 0.410 bits per heavy atom. The van der Waals surface area contributed by atoms with Gasteiger partial charge in [-0.3, -0.25) is 0 Å². The Labute approximate surface area is 354 Å². The first-order chi connectivity index (χ1) is 30.1. The molecule has 61 heavy (non-hydrogen) atoms. The van der Waals surface area contributed by atoms with Crippen molar-refractivity contribution < 1.29 is 0 Å². The number of benzene rings is 8. The minimum absolute atomic E-state index is 0.551. The third kappa shape index (κ3) is 7.19. The van der Waals surface area contributed by atoms with E-state index in [1.165, 1.54) is 16.2 Å². The number of fused-ring (bicyclic) bond motifs is 6. The third-order valence-electron chi connectivity index (χ3n) is 11.0. The van der Waals surface area contributed by atoms with Crippen LogP contribution in [-0.2, 0) is 0 Å². The highest BCUT2D eigenvalue weighted by molar-refractivity contribution is 6.28. The number of aromatic nitrogens is 5. The minimum atomic E-state index is 0.551. The fraction of sp³-hybridized carbons (Fsp3) is 0.0179. The van der Waals surface area contributed by atoms with Crippen molar-refractivity contribution in [1.29, 1.82) is 0 Å². The van der Waals surface area contributed by atoms with E-state index < -0.39 is 0 Å². The predicted molar refractivity (Wildman–Crippen MR) is 254 cm³/mol. The Bertz CT molecular complexity index is 3230. The highest BCUT2D eigenvalue weighted by atomic mass is 15.0. The summed E-state index contributed by atoms with van der Waals surface area (Å²) in [5.41, 5.74) is 9.39. The lowest BCUT2D eigenvalue weighted by molar-refractivity contribution is 1.04. The maximum absolute atomic E-state index is 5.27. The van der Waals surface area contributed by atoms with Gasteiger partial charge in [0.1, 0.15) is 0 Å². The van der Waals surface area contributed by atoms with Gasteiger partial charge in [-0.2, -0.15) is 0 Å². The second kappa shape index (κ2) is 16.2. The van der Waals surface area contributed by atoms with Gasteiger partial charge in [0, 0.05) is 38.8 Å². The van der Waals surface area contributed by atoms with Crippen molar-refractivity contribution >= 4 is 37.9 Å². The molecule has 10 aromatic rings. The van der Waals surface area contributed by atoms with Crippen LogP contribution < -0.4 is 0 Å². The van der Waals surface area contributed by atoms with Crippen molar-refractivity contribution in [2.45, 2.75) is 6.92 Å². The van der Waals surface area contributed by atoms with E-state index in [2.05, 4.69) is 140 Å². The molecule has 288 valence electrons. The van der Waals surface area contributed by atoms with Gasteiger partial charge in [0.05, 0.1) is 11.4 Å². The molecule has 0 N–H and O–H groups in total. The minimum Gasteiger partial charge on any atom is -0.228 e. The summed E-state index contributed by atoms with van der Waals surface area (Å²) in [6.07, 6.45) is 7.76. The van der Waals surface area contributed by atoms with Crippen molar-refractivity contribution in [3.63, 3.8) is 0 Å². The second-order valence-electron chi connectivity index (χ2n) is 14.8. The molecule has 0 fully saturated rings. The lowest BCUT2D eigenvalue weighted by Gasteiger charge is -2.15. The zero-order chi connectivity index (χ0) is 41.1. The van der Waals surface area contributed by atoms with Gasteiger partial charge >= 0.3 is 0 Å². The molecule has 0 aliphatic rings. The molecule has 0 bridgehead atoms. The molecule has 0 saturated heterocycles. The first-order valence-electron chi connectivity index (χ1n) is 20.4. The van der Waals surface area contributed by atoms with Gasteiger partial charge in [-0.25, -0.2) is 24.9 Å². The van der Waals surface area contributed by atoms with E-state index in [-0.39, 0.29) is 0 Å². The molecule has 2 aromatic heterocycles. The van der Waals surface area contributed by atoms with Crippen molar-refractivity contribution in [3.8, 4) is 67.8 Å². The molecule has 0 aliphatic heterocycles. The molecule has 0 unspecified atom stereocenters. The van der Waals surface area contributed by atoms with E-state index in [1.807, 2.05) is 73.7 Å². The smallest absolute Gasteiger partial charge is 0.164 e. The lowest BCUT2D eigenvalue weighted by Crippen LogP contribution is -2.03. The van der Waals surface area contributed by atoms with Crippen molar-refractivity contribution in [2.24, 2.45) is 0 Å². The Kier molecular flexibility index (Phi) is 9.89. The monoisotopic (exact) mass is 781 g/mol. The van der Waals surface area contributed by atoms with Crippen LogP contribution in [0.5, 0.6) is 0 Å². The predicted octanol–water partition coefficient (Wildman–Crippen LogP) is 14.3. The number of nitrogens with zero attached hydrogens (tertiary/aromatic N) is 5. The molecule has 0 atom stereocenters. The third-order valence-corrected chi connectivity index (χ3v) is 11.0. The summed E-state index contributed by atoms with van der Waals surface area (Å²) in [5.74, 6) is 2.40. The van der Waals surface area contributed by atoms with Crippen LogP contribution in [-0.4, -0.2) is 24.9 Å². The van der Waals surface area contributed by atoms with Gasteiger partial charge in [-0.15, -0.1) is 0 Å². The van der Waals surface area contributed by atoms with Crippen LogP contribution >= 0.6 is 0 Å². The number of rotatable bonds is 9. The first-order valence-corrected chi connectivity index (χ1v) is 20.4. The van der Waals surface area contributed by atoms with Crippen LogP contribution in [0.4, 0.5) is 0 Å². The highest BCUT2D eigenvalue weighted by Gasteiger charge is 2.18. The molecule has 0 amide bonds. The van der Waals surface area contributed by atoms with Gasteiger partial charge in [-0.1, -0.05) is 195 Å². The van der Waals surface area contributed by atoms with E-state index >= 15 is 0 Å². The zero-order valence-electron chi connectivity index (χ0n) is 33.6. The van der Waals surface area contributed by atoms with Crippen LogP contribution in [0.1, 0.15) is 12.7 Å². The summed E-state index contributed by atoms with van der Waals surface area (Å²) >= 11 is 0. The molecule has 8 aromatic carbocycles. The van der Waals surface area contributed by atoms with E-state index in [9.17, 15) is 0 Å². The largest absolute Gasteiger partial charge is 0.228 e. The van der Waals surface area contributed by atoms with Gasteiger partial charge < -0.3 is 0 Å². The average Bonchev–Trinajstić information content (AvgIpc) is 3.34. The maximum Gasteiger partial charge on any atom is 0.164 e. The standard InChI is InChI=1S/C56H39N5/c1-3-5-19-37(4-2)53-59-55(61-56(60-53)49-33-18-32-48-46-29-13-12-28-44(46)45-30-14-15-31-47(45)52(48)49)43-27-17-25-41(35-43)40-24-16-26-42(34-40)51-36-50(38-20-8-6-9-21-38)57-54(58-51)39-22-10-7-11-23-39/h3-36H,2H2,1H3/b5-3-,37-19+. The quantitative estimate of drug-likeness (QED) is 0.108. The molecule has 10 rings (SSSR count). The highest BCUT2D eigenvalue weighted by Crippen LogP contribution is 2.40. The molecular formula is C56H39N5. The Morgan fingerprint density at radius 3 is 1.54 bits per heavy atom. The normalized spacial score (nSPS) is 11.8. The maximum atomic E-state index is 5.27. The van der Waals surface area contributed by atoms with Crippen LogP contribution in [0.15, 0.2) is 213 Å². The Morgan fingerprint density at radius 2 is 0.885 bits per heavy atom. The van der Waals surface area contributed by atoms with E-state index in [4.69, 9.17) is 24.9 Å². The van der Waals surface area contributed by atoms with E-state index in [0.29, 0.717) is 23.3 Å². The summed E-state index contributed by atoms with van der Waals surface area (Å²) in [4.78, 5) is 25.6. The molecule has 5 heteroatoms. The Hall–Kier alpha value is -8.15. The van der Waals surface area contributed by atoms with Gasteiger partial charge in [-0.05, 0) is 63.2 Å². The average molecular weight is 782 g/mol. The topological polar surface area (TPSA) is 64.5 Å². The summed E-state index contributed by atoms with van der Waals surface area (Å²) < 4.78 is 0. The Balaban J connectivity index is 1.12. The lowest BCUT2D eigenvalue weighted by atomic mass is 9.91. The van der Waals surface area contributed by atoms with Gasteiger partial charge in [0.2, 0.25) is 0 Å². The van der Waals surface area contributed by atoms with Crippen LogP contribution in [0, 0.1) is 0 Å². The van der Waals surface area contributed by atoms with Gasteiger partial charge in [0.15, 0.2) is 23.3 Å². The molecule has 0 radical (unpaired) electrons.